The zero-order valence-electron chi connectivity index (χ0n) is 15.7. The molecule has 10 nitrogen and oxygen atoms in total. The molecule has 1 N–H and O–H groups in total. The summed E-state index contributed by atoms with van der Waals surface area (Å²) in [5.74, 6) is -1.24. The third-order valence-corrected chi connectivity index (χ3v) is 4.44. The Bertz CT molecular complexity index is 1080. The minimum atomic E-state index is -1.01. The molecule has 4 heterocycles. The molecule has 1 atom stereocenters. The fraction of sp³-hybridized carbons (Fsp3) is 0.278. The number of hydrogen-bond acceptors (Lipinski definition) is 6. The Hall–Kier alpha value is -3.76. The summed E-state index contributed by atoms with van der Waals surface area (Å²) in [6.07, 6.45) is 6.05. The molecule has 150 valence electrons. The number of nitrogens with zero attached hydrogens (tertiary/aromatic N) is 6. The SMILES string of the molecule is CN1C(=O)C(NC(=O)c2nn(Cc3cnn(C)c3)cc2F)COc2cccnc21. The Morgan fingerprint density at radius 3 is 2.97 bits per heavy atom. The first-order valence-corrected chi connectivity index (χ1v) is 8.79. The number of carbonyl (C=O) groups is 2. The molecule has 4 rings (SSSR count). The second kappa shape index (κ2) is 7.34. The number of hydrogen-bond donors (Lipinski definition) is 1. The van der Waals surface area contributed by atoms with Crippen LogP contribution in [0, 0.1) is 5.82 Å². The van der Waals surface area contributed by atoms with Crippen LogP contribution in [-0.4, -0.2) is 56.1 Å². The summed E-state index contributed by atoms with van der Waals surface area (Å²) >= 11 is 0. The Morgan fingerprint density at radius 1 is 1.38 bits per heavy atom. The quantitative estimate of drug-likeness (QED) is 0.679. The first kappa shape index (κ1) is 18.6. The lowest BCUT2D eigenvalue weighted by molar-refractivity contribution is -0.120. The van der Waals surface area contributed by atoms with Crippen molar-refractivity contribution in [3.05, 3.63) is 54.0 Å². The molecular formula is C18H18FN7O3. The molecule has 0 aromatic carbocycles. The van der Waals surface area contributed by atoms with E-state index in [1.54, 1.807) is 36.3 Å². The third kappa shape index (κ3) is 3.66. The van der Waals surface area contributed by atoms with Crippen LogP contribution in [0.25, 0.3) is 0 Å². The molecule has 0 saturated carbocycles. The van der Waals surface area contributed by atoms with Gasteiger partial charge in [0.05, 0.1) is 18.9 Å². The van der Waals surface area contributed by atoms with Crippen molar-refractivity contribution in [2.45, 2.75) is 12.6 Å². The van der Waals surface area contributed by atoms with Crippen molar-refractivity contribution in [1.29, 1.82) is 0 Å². The smallest absolute Gasteiger partial charge is 0.275 e. The van der Waals surface area contributed by atoms with Crippen molar-refractivity contribution < 1.29 is 18.7 Å². The molecule has 1 aliphatic rings. The van der Waals surface area contributed by atoms with Crippen molar-refractivity contribution in [2.75, 3.05) is 18.6 Å². The van der Waals surface area contributed by atoms with Gasteiger partial charge in [-0.2, -0.15) is 10.2 Å². The topological polar surface area (TPSA) is 107 Å². The molecule has 11 heteroatoms. The van der Waals surface area contributed by atoms with E-state index < -0.39 is 29.4 Å². The highest BCUT2D eigenvalue weighted by Gasteiger charge is 2.32. The maximum Gasteiger partial charge on any atom is 0.275 e. The molecule has 0 saturated heterocycles. The zero-order chi connectivity index (χ0) is 20.5. The average Bonchev–Trinajstić information content (AvgIpc) is 3.26. The summed E-state index contributed by atoms with van der Waals surface area (Å²) in [5.41, 5.74) is 0.408. The highest BCUT2D eigenvalue weighted by molar-refractivity contribution is 6.02. The number of carbonyl (C=O) groups excluding carboxylic acids is 2. The molecule has 0 spiro atoms. The lowest BCUT2D eigenvalue weighted by Crippen LogP contribution is -2.49. The van der Waals surface area contributed by atoms with Gasteiger partial charge in [0, 0.05) is 32.1 Å². The van der Waals surface area contributed by atoms with Crippen LogP contribution in [0.3, 0.4) is 0 Å². The summed E-state index contributed by atoms with van der Waals surface area (Å²) < 4.78 is 22.8. The van der Waals surface area contributed by atoms with Crippen molar-refractivity contribution in [2.24, 2.45) is 7.05 Å². The molecule has 3 aromatic rings. The van der Waals surface area contributed by atoms with E-state index in [0.29, 0.717) is 11.6 Å². The lowest BCUT2D eigenvalue weighted by atomic mass is 10.2. The predicted octanol–water partition coefficient (Wildman–Crippen LogP) is 0.353. The van der Waals surface area contributed by atoms with Gasteiger partial charge >= 0.3 is 0 Å². The van der Waals surface area contributed by atoms with Gasteiger partial charge in [0.2, 0.25) is 0 Å². The van der Waals surface area contributed by atoms with Crippen LogP contribution in [-0.2, 0) is 18.4 Å². The molecule has 3 aromatic heterocycles. The summed E-state index contributed by atoms with van der Waals surface area (Å²) in [6.45, 7) is 0.152. The highest BCUT2D eigenvalue weighted by atomic mass is 19.1. The van der Waals surface area contributed by atoms with Gasteiger partial charge in [0.1, 0.15) is 12.6 Å². The van der Waals surface area contributed by atoms with E-state index in [-0.39, 0.29) is 13.2 Å². The van der Waals surface area contributed by atoms with Crippen LogP contribution in [0.15, 0.2) is 36.9 Å². The van der Waals surface area contributed by atoms with E-state index in [0.717, 1.165) is 11.8 Å². The van der Waals surface area contributed by atoms with E-state index in [1.807, 2.05) is 0 Å². The molecule has 1 unspecified atom stereocenters. The second-order valence-corrected chi connectivity index (χ2v) is 6.60. The minimum absolute atomic E-state index is 0.106. The first-order chi connectivity index (χ1) is 13.9. The van der Waals surface area contributed by atoms with E-state index in [2.05, 4.69) is 20.5 Å². The van der Waals surface area contributed by atoms with Gasteiger partial charge < -0.3 is 10.1 Å². The summed E-state index contributed by atoms with van der Waals surface area (Å²) in [4.78, 5) is 30.6. The third-order valence-electron chi connectivity index (χ3n) is 4.44. The number of amides is 2. The normalized spacial score (nSPS) is 16.2. The van der Waals surface area contributed by atoms with Crippen molar-refractivity contribution >= 4 is 17.6 Å². The number of ether oxygens (including phenoxy) is 1. The van der Waals surface area contributed by atoms with Crippen LogP contribution in [0.1, 0.15) is 16.1 Å². The maximum atomic E-state index is 14.3. The van der Waals surface area contributed by atoms with E-state index >= 15 is 0 Å². The predicted molar refractivity (Wildman–Crippen MR) is 98.9 cm³/mol. The largest absolute Gasteiger partial charge is 0.487 e. The van der Waals surface area contributed by atoms with Crippen molar-refractivity contribution in [1.82, 2.24) is 29.9 Å². The molecular weight excluding hydrogens is 381 g/mol. The standard InChI is InChI=1S/C18H18FN7O3/c1-24-7-11(6-21-24)8-26-9-12(19)15(23-26)17(27)22-13-10-29-14-4-3-5-20-16(14)25(2)18(13)28/h3-7,9,13H,8,10H2,1-2H3,(H,22,27). The molecule has 0 aliphatic carbocycles. The Kier molecular flexibility index (Phi) is 4.71. The molecule has 0 fully saturated rings. The monoisotopic (exact) mass is 399 g/mol. The van der Waals surface area contributed by atoms with Gasteiger partial charge in [0.25, 0.3) is 11.8 Å². The number of nitrogens with one attached hydrogen (secondary N) is 1. The van der Waals surface area contributed by atoms with Gasteiger partial charge in [0.15, 0.2) is 23.1 Å². The number of pyridine rings is 1. The average molecular weight is 399 g/mol. The van der Waals surface area contributed by atoms with Gasteiger partial charge in [-0.3, -0.25) is 23.9 Å². The Labute approximate surface area is 164 Å². The highest BCUT2D eigenvalue weighted by Crippen LogP contribution is 2.27. The van der Waals surface area contributed by atoms with Crippen LogP contribution < -0.4 is 15.0 Å². The number of likely N-dealkylation sites (N-methyl/N-ethyl adjacent to an activating group) is 1. The molecule has 0 radical (unpaired) electrons. The maximum absolute atomic E-state index is 14.3. The molecule has 1 aliphatic heterocycles. The van der Waals surface area contributed by atoms with E-state index in [4.69, 9.17) is 4.74 Å². The Balaban J connectivity index is 1.49. The second-order valence-electron chi connectivity index (χ2n) is 6.60. The van der Waals surface area contributed by atoms with Crippen LogP contribution >= 0.6 is 0 Å². The van der Waals surface area contributed by atoms with Gasteiger partial charge in [-0.25, -0.2) is 9.37 Å². The van der Waals surface area contributed by atoms with Gasteiger partial charge in [-0.05, 0) is 12.1 Å². The van der Waals surface area contributed by atoms with Crippen LogP contribution in [0.5, 0.6) is 5.75 Å². The number of anilines is 1. The van der Waals surface area contributed by atoms with Crippen molar-refractivity contribution in [3.8, 4) is 5.75 Å². The lowest BCUT2D eigenvalue weighted by Gasteiger charge is -2.19. The molecule has 29 heavy (non-hydrogen) atoms. The van der Waals surface area contributed by atoms with E-state index in [1.165, 1.54) is 22.8 Å². The number of halogens is 1. The fourth-order valence-electron chi connectivity index (χ4n) is 3.03. The van der Waals surface area contributed by atoms with Crippen LogP contribution in [0.2, 0.25) is 0 Å². The van der Waals surface area contributed by atoms with Crippen LogP contribution in [0.4, 0.5) is 10.2 Å². The number of fused-ring (bicyclic) bond motifs is 1. The fourth-order valence-corrected chi connectivity index (χ4v) is 3.03. The minimum Gasteiger partial charge on any atom is -0.487 e. The van der Waals surface area contributed by atoms with Crippen molar-refractivity contribution in [3.63, 3.8) is 0 Å². The Morgan fingerprint density at radius 2 is 2.21 bits per heavy atom. The zero-order valence-corrected chi connectivity index (χ0v) is 15.7. The summed E-state index contributed by atoms with van der Waals surface area (Å²) in [7, 11) is 3.30. The van der Waals surface area contributed by atoms with E-state index in [9.17, 15) is 14.0 Å². The first-order valence-electron chi connectivity index (χ1n) is 8.79. The number of aromatic nitrogens is 5. The number of rotatable bonds is 4. The van der Waals surface area contributed by atoms with Gasteiger partial charge in [-0.1, -0.05) is 0 Å². The number of aryl methyl sites for hydroxylation is 1. The summed E-state index contributed by atoms with van der Waals surface area (Å²) in [5, 5.41) is 10.5. The summed E-state index contributed by atoms with van der Waals surface area (Å²) in [6, 6.07) is 2.35. The molecule has 0 bridgehead atoms. The molecule has 2 amide bonds. The van der Waals surface area contributed by atoms with Gasteiger partial charge in [-0.15, -0.1) is 0 Å².